The van der Waals surface area contributed by atoms with Crippen LogP contribution in [0.25, 0.3) is 0 Å². The molecule has 2 aliphatic rings. The molecule has 0 radical (unpaired) electrons. The van der Waals surface area contributed by atoms with E-state index in [2.05, 4.69) is 35.5 Å². The molecule has 0 saturated carbocycles. The van der Waals surface area contributed by atoms with E-state index in [4.69, 9.17) is 9.47 Å². The lowest BCUT2D eigenvalue weighted by Gasteiger charge is -2.28. The van der Waals surface area contributed by atoms with Gasteiger partial charge in [-0.1, -0.05) is 12.1 Å². The van der Waals surface area contributed by atoms with Gasteiger partial charge in [-0.25, -0.2) is 0 Å². The Kier molecular flexibility index (Phi) is 4.01. The standard InChI is InChI=1S/C15H22N2O2/c1-17(10-14-11-18-7-5-16-14)9-12-2-3-15-13(8-12)4-6-19-15/h2-3,8,14,16H,4-7,9-11H2,1H3. The van der Waals surface area contributed by atoms with Gasteiger partial charge in [-0.15, -0.1) is 0 Å². The summed E-state index contributed by atoms with van der Waals surface area (Å²) in [5, 5.41) is 3.49. The van der Waals surface area contributed by atoms with E-state index in [1.165, 1.54) is 11.1 Å². The maximum Gasteiger partial charge on any atom is 0.122 e. The fourth-order valence-electron chi connectivity index (χ4n) is 2.83. The van der Waals surface area contributed by atoms with Gasteiger partial charge in [0.25, 0.3) is 0 Å². The highest BCUT2D eigenvalue weighted by atomic mass is 16.5. The minimum absolute atomic E-state index is 0.455. The maximum atomic E-state index is 5.54. The van der Waals surface area contributed by atoms with Crippen LogP contribution in [0.4, 0.5) is 0 Å². The van der Waals surface area contributed by atoms with Crippen molar-refractivity contribution in [1.82, 2.24) is 10.2 Å². The van der Waals surface area contributed by atoms with Crippen LogP contribution in [0.5, 0.6) is 5.75 Å². The van der Waals surface area contributed by atoms with Gasteiger partial charge in [0.15, 0.2) is 0 Å². The summed E-state index contributed by atoms with van der Waals surface area (Å²) in [6.07, 6.45) is 1.05. The average Bonchev–Trinajstić information content (AvgIpc) is 2.87. The lowest BCUT2D eigenvalue weighted by Crippen LogP contribution is -2.47. The highest BCUT2D eigenvalue weighted by Gasteiger charge is 2.16. The molecular formula is C15H22N2O2. The summed E-state index contributed by atoms with van der Waals surface area (Å²) >= 11 is 0. The van der Waals surface area contributed by atoms with Gasteiger partial charge in [0, 0.05) is 32.1 Å². The summed E-state index contributed by atoms with van der Waals surface area (Å²) in [5.74, 6) is 1.06. The summed E-state index contributed by atoms with van der Waals surface area (Å²) in [4.78, 5) is 2.35. The number of hydrogen-bond donors (Lipinski definition) is 1. The van der Waals surface area contributed by atoms with Crippen molar-refractivity contribution in [2.24, 2.45) is 0 Å². The van der Waals surface area contributed by atoms with Crippen LogP contribution in [0.1, 0.15) is 11.1 Å². The molecule has 1 fully saturated rings. The van der Waals surface area contributed by atoms with E-state index >= 15 is 0 Å². The minimum atomic E-state index is 0.455. The van der Waals surface area contributed by atoms with E-state index in [9.17, 15) is 0 Å². The Hall–Kier alpha value is -1.10. The number of benzene rings is 1. The molecule has 0 spiro atoms. The second-order valence-corrected chi connectivity index (χ2v) is 5.46. The van der Waals surface area contributed by atoms with E-state index in [0.717, 1.165) is 51.6 Å². The zero-order valence-corrected chi connectivity index (χ0v) is 11.5. The molecule has 104 valence electrons. The SMILES string of the molecule is CN(Cc1ccc2c(c1)CCO2)CC1COCCN1. The number of rotatable bonds is 4. The van der Waals surface area contributed by atoms with Crippen molar-refractivity contribution in [3.63, 3.8) is 0 Å². The molecule has 2 aliphatic heterocycles. The molecule has 1 atom stereocenters. The summed E-state index contributed by atoms with van der Waals surface area (Å²) < 4.78 is 11.0. The van der Waals surface area contributed by atoms with Crippen LogP contribution in [0.2, 0.25) is 0 Å². The normalized spacial score (nSPS) is 22.3. The first-order valence-electron chi connectivity index (χ1n) is 7.05. The highest BCUT2D eigenvalue weighted by Crippen LogP contribution is 2.26. The van der Waals surface area contributed by atoms with Crippen LogP contribution in [0.15, 0.2) is 18.2 Å². The third-order valence-electron chi connectivity index (χ3n) is 3.74. The van der Waals surface area contributed by atoms with Crippen LogP contribution in [0, 0.1) is 0 Å². The Morgan fingerprint density at radius 2 is 2.32 bits per heavy atom. The molecule has 0 amide bonds. The van der Waals surface area contributed by atoms with E-state index in [-0.39, 0.29) is 0 Å². The summed E-state index contributed by atoms with van der Waals surface area (Å²) in [7, 11) is 2.17. The Bertz CT molecular complexity index is 430. The van der Waals surface area contributed by atoms with E-state index in [0.29, 0.717) is 6.04 Å². The topological polar surface area (TPSA) is 33.7 Å². The van der Waals surface area contributed by atoms with Gasteiger partial charge in [-0.3, -0.25) is 0 Å². The molecule has 1 N–H and O–H groups in total. The summed E-state index contributed by atoms with van der Waals surface area (Å²) in [6, 6.07) is 7.01. The largest absolute Gasteiger partial charge is 0.493 e. The fraction of sp³-hybridized carbons (Fsp3) is 0.600. The number of morpholine rings is 1. The van der Waals surface area contributed by atoms with Crippen molar-refractivity contribution in [3.8, 4) is 5.75 Å². The first-order valence-corrected chi connectivity index (χ1v) is 7.05. The van der Waals surface area contributed by atoms with Crippen molar-refractivity contribution in [3.05, 3.63) is 29.3 Å². The smallest absolute Gasteiger partial charge is 0.122 e. The first-order chi connectivity index (χ1) is 9.31. The predicted molar refractivity (Wildman–Crippen MR) is 74.6 cm³/mol. The van der Waals surface area contributed by atoms with Gasteiger partial charge in [0.2, 0.25) is 0 Å². The van der Waals surface area contributed by atoms with Gasteiger partial charge in [0.1, 0.15) is 5.75 Å². The maximum absolute atomic E-state index is 5.54. The Morgan fingerprint density at radius 3 is 3.16 bits per heavy atom. The van der Waals surface area contributed by atoms with E-state index < -0.39 is 0 Å². The lowest BCUT2D eigenvalue weighted by atomic mass is 10.1. The van der Waals surface area contributed by atoms with Gasteiger partial charge in [-0.2, -0.15) is 0 Å². The van der Waals surface area contributed by atoms with Crippen LogP contribution < -0.4 is 10.1 Å². The molecule has 4 nitrogen and oxygen atoms in total. The molecule has 0 aliphatic carbocycles. The zero-order valence-electron chi connectivity index (χ0n) is 11.5. The van der Waals surface area contributed by atoms with Crippen molar-refractivity contribution >= 4 is 0 Å². The third-order valence-corrected chi connectivity index (χ3v) is 3.74. The monoisotopic (exact) mass is 262 g/mol. The second kappa shape index (κ2) is 5.90. The molecule has 0 aromatic heterocycles. The molecule has 2 heterocycles. The molecule has 1 saturated heterocycles. The van der Waals surface area contributed by atoms with E-state index in [1.807, 2.05) is 0 Å². The van der Waals surface area contributed by atoms with Crippen molar-refractivity contribution in [2.75, 3.05) is 40.0 Å². The number of nitrogens with zero attached hydrogens (tertiary/aromatic N) is 1. The lowest BCUT2D eigenvalue weighted by molar-refractivity contribution is 0.0645. The van der Waals surface area contributed by atoms with Gasteiger partial charge in [0.05, 0.1) is 19.8 Å². The number of likely N-dealkylation sites (N-methyl/N-ethyl adjacent to an activating group) is 1. The molecule has 1 aromatic rings. The van der Waals surface area contributed by atoms with Gasteiger partial charge >= 0.3 is 0 Å². The van der Waals surface area contributed by atoms with E-state index in [1.54, 1.807) is 0 Å². The van der Waals surface area contributed by atoms with Crippen LogP contribution >= 0.6 is 0 Å². The molecule has 4 heteroatoms. The van der Waals surface area contributed by atoms with Crippen molar-refractivity contribution in [2.45, 2.75) is 19.0 Å². The van der Waals surface area contributed by atoms with Crippen molar-refractivity contribution < 1.29 is 9.47 Å². The van der Waals surface area contributed by atoms with Crippen molar-refractivity contribution in [1.29, 1.82) is 0 Å². The molecular weight excluding hydrogens is 240 g/mol. The fourth-order valence-corrected chi connectivity index (χ4v) is 2.83. The Morgan fingerprint density at radius 1 is 1.37 bits per heavy atom. The number of nitrogens with one attached hydrogen (secondary N) is 1. The summed E-state index contributed by atoms with van der Waals surface area (Å²) in [5.41, 5.74) is 2.72. The quantitative estimate of drug-likeness (QED) is 0.879. The van der Waals surface area contributed by atoms with Crippen LogP contribution in [-0.4, -0.2) is 50.9 Å². The Balaban J connectivity index is 1.55. The zero-order chi connectivity index (χ0) is 13.1. The first kappa shape index (κ1) is 12.9. The Labute approximate surface area is 114 Å². The molecule has 3 rings (SSSR count). The van der Waals surface area contributed by atoms with Gasteiger partial charge < -0.3 is 19.7 Å². The number of fused-ring (bicyclic) bond motifs is 1. The van der Waals surface area contributed by atoms with Crippen LogP contribution in [-0.2, 0) is 17.7 Å². The number of hydrogen-bond acceptors (Lipinski definition) is 4. The second-order valence-electron chi connectivity index (χ2n) is 5.46. The van der Waals surface area contributed by atoms with Crippen LogP contribution in [0.3, 0.4) is 0 Å². The molecule has 0 bridgehead atoms. The molecule has 19 heavy (non-hydrogen) atoms. The third kappa shape index (κ3) is 3.26. The molecule has 1 unspecified atom stereocenters. The highest BCUT2D eigenvalue weighted by molar-refractivity contribution is 5.39. The number of ether oxygens (including phenoxy) is 2. The predicted octanol–water partition coefficient (Wildman–Crippen LogP) is 1.04. The minimum Gasteiger partial charge on any atom is -0.493 e. The van der Waals surface area contributed by atoms with Gasteiger partial charge in [-0.05, 0) is 24.2 Å². The average molecular weight is 262 g/mol. The molecule has 1 aromatic carbocycles. The summed E-state index contributed by atoms with van der Waals surface area (Å²) in [6.45, 7) is 5.46.